The Bertz CT molecular complexity index is 1460. The van der Waals surface area contributed by atoms with Crippen molar-refractivity contribution in [1.29, 1.82) is 0 Å². The first-order valence-corrected chi connectivity index (χ1v) is 16.5. The highest BCUT2D eigenvalue weighted by Crippen LogP contribution is 2.51. The van der Waals surface area contributed by atoms with Crippen LogP contribution in [0.3, 0.4) is 0 Å². The molecule has 1 aromatic carbocycles. The molecule has 14 heteroatoms. The van der Waals surface area contributed by atoms with E-state index in [1.54, 1.807) is 46.1 Å². The third-order valence-electron chi connectivity index (χ3n) is 6.93. The minimum atomic E-state index is -3.53. The number of anilines is 1. The van der Waals surface area contributed by atoms with E-state index in [9.17, 15) is 4.57 Å². The van der Waals surface area contributed by atoms with Gasteiger partial charge < -0.3 is 37.9 Å². The van der Waals surface area contributed by atoms with E-state index in [1.807, 2.05) is 37.3 Å². The number of ether oxygens (including phenoxy) is 4. The minimum absolute atomic E-state index is 0.00280. The molecule has 236 valence electrons. The summed E-state index contributed by atoms with van der Waals surface area (Å²) in [6.07, 6.45) is -2.28. The SMILES string of the molecule is CC(C)OP(=O)(COC[C@H]1O[C@@H](n2cc(F)c3c(N[C@@H](C)c4ccccc4)nc(Cl)nc32)[C@@H]2OC(C)(C)O[C@@H]21)OC(C)C. The fourth-order valence-corrected chi connectivity index (χ4v) is 7.38. The lowest BCUT2D eigenvalue weighted by Gasteiger charge is -2.26. The van der Waals surface area contributed by atoms with E-state index in [2.05, 4.69) is 15.3 Å². The summed E-state index contributed by atoms with van der Waals surface area (Å²) in [6, 6.07) is 9.54. The molecule has 5 rings (SSSR count). The zero-order chi connectivity index (χ0) is 31.1. The number of halogens is 2. The van der Waals surface area contributed by atoms with Crippen molar-refractivity contribution in [2.75, 3.05) is 18.3 Å². The maximum Gasteiger partial charge on any atom is 0.356 e. The quantitative estimate of drug-likeness (QED) is 0.167. The van der Waals surface area contributed by atoms with Crippen molar-refractivity contribution in [1.82, 2.24) is 14.5 Å². The highest BCUT2D eigenvalue weighted by atomic mass is 35.5. The van der Waals surface area contributed by atoms with Crippen molar-refractivity contribution in [2.45, 2.75) is 97.0 Å². The van der Waals surface area contributed by atoms with Crippen LogP contribution in [0.25, 0.3) is 11.0 Å². The first-order chi connectivity index (χ1) is 20.2. The van der Waals surface area contributed by atoms with E-state index >= 15 is 4.39 Å². The van der Waals surface area contributed by atoms with Gasteiger partial charge in [-0.05, 0) is 65.6 Å². The lowest BCUT2D eigenvalue weighted by molar-refractivity contribution is -0.201. The van der Waals surface area contributed by atoms with E-state index < -0.39 is 43.7 Å². The molecule has 2 fully saturated rings. The molecule has 1 N–H and O–H groups in total. The average Bonchev–Trinajstić information content (AvgIpc) is 3.51. The second-order valence-electron chi connectivity index (χ2n) is 11.7. The van der Waals surface area contributed by atoms with Crippen LogP contribution in [0.2, 0.25) is 5.28 Å². The lowest BCUT2D eigenvalue weighted by Crippen LogP contribution is -2.33. The van der Waals surface area contributed by atoms with Crippen LogP contribution < -0.4 is 5.32 Å². The Labute approximate surface area is 255 Å². The van der Waals surface area contributed by atoms with Gasteiger partial charge >= 0.3 is 7.60 Å². The summed E-state index contributed by atoms with van der Waals surface area (Å²) in [7, 11) is -3.53. The molecule has 0 radical (unpaired) electrons. The van der Waals surface area contributed by atoms with Crippen LogP contribution in [-0.2, 0) is 32.6 Å². The van der Waals surface area contributed by atoms with Gasteiger partial charge in [0.25, 0.3) is 0 Å². The molecule has 2 aliphatic heterocycles. The van der Waals surface area contributed by atoms with Crippen molar-refractivity contribution in [3.8, 4) is 0 Å². The van der Waals surface area contributed by atoms with Gasteiger partial charge in [-0.15, -0.1) is 0 Å². The number of nitrogens with one attached hydrogen (secondary N) is 1. The van der Waals surface area contributed by atoms with Gasteiger partial charge in [0.1, 0.15) is 30.5 Å². The Morgan fingerprint density at radius 2 is 1.72 bits per heavy atom. The van der Waals surface area contributed by atoms with Crippen molar-refractivity contribution in [3.63, 3.8) is 0 Å². The highest BCUT2D eigenvalue weighted by Gasteiger charge is 2.56. The second kappa shape index (κ2) is 12.7. The molecular weight excluding hydrogens is 602 g/mol. The van der Waals surface area contributed by atoms with Gasteiger partial charge in [0.15, 0.2) is 23.5 Å². The minimum Gasteiger partial charge on any atom is -0.366 e. The average molecular weight is 641 g/mol. The molecule has 0 amide bonds. The normalized spacial score (nSPS) is 24.3. The zero-order valence-electron chi connectivity index (χ0n) is 25.3. The number of hydrogen-bond acceptors (Lipinski definition) is 10. The van der Waals surface area contributed by atoms with Crippen molar-refractivity contribution < 1.29 is 37.0 Å². The summed E-state index contributed by atoms with van der Waals surface area (Å²) in [5.41, 5.74) is 1.23. The largest absolute Gasteiger partial charge is 0.366 e. The first-order valence-electron chi connectivity index (χ1n) is 14.3. The van der Waals surface area contributed by atoms with Gasteiger partial charge in [-0.2, -0.15) is 9.97 Å². The van der Waals surface area contributed by atoms with Crippen LogP contribution in [-0.4, -0.2) is 63.8 Å². The molecule has 2 aromatic heterocycles. The Morgan fingerprint density at radius 1 is 1.07 bits per heavy atom. The zero-order valence-corrected chi connectivity index (χ0v) is 27.0. The van der Waals surface area contributed by atoms with Crippen molar-refractivity contribution in [2.24, 2.45) is 0 Å². The molecule has 0 aliphatic carbocycles. The Hall–Kier alpha value is -2.15. The summed E-state index contributed by atoms with van der Waals surface area (Å²) >= 11 is 6.34. The van der Waals surface area contributed by atoms with Crippen LogP contribution in [0.4, 0.5) is 10.2 Å². The third kappa shape index (κ3) is 7.23. The monoisotopic (exact) mass is 640 g/mol. The molecule has 5 atom stereocenters. The predicted molar refractivity (Wildman–Crippen MR) is 160 cm³/mol. The molecule has 2 aliphatic rings. The summed E-state index contributed by atoms with van der Waals surface area (Å²) in [5.74, 6) is -1.23. The maximum absolute atomic E-state index is 15.6. The van der Waals surface area contributed by atoms with Gasteiger partial charge in [-0.25, -0.2) is 4.39 Å². The number of aromatic nitrogens is 3. The third-order valence-corrected chi connectivity index (χ3v) is 9.08. The predicted octanol–water partition coefficient (Wildman–Crippen LogP) is 6.83. The highest BCUT2D eigenvalue weighted by molar-refractivity contribution is 7.53. The van der Waals surface area contributed by atoms with Crippen LogP contribution >= 0.6 is 19.2 Å². The molecule has 4 heterocycles. The number of rotatable bonds is 12. The molecule has 43 heavy (non-hydrogen) atoms. The van der Waals surface area contributed by atoms with E-state index in [1.165, 1.54) is 6.20 Å². The van der Waals surface area contributed by atoms with Crippen LogP contribution in [0.15, 0.2) is 36.5 Å². The van der Waals surface area contributed by atoms with E-state index in [4.69, 9.17) is 39.6 Å². The molecule has 3 aromatic rings. The number of hydrogen-bond donors (Lipinski definition) is 1. The van der Waals surface area contributed by atoms with Gasteiger partial charge in [0.05, 0.1) is 24.2 Å². The molecule has 0 saturated carbocycles. The van der Waals surface area contributed by atoms with Crippen LogP contribution in [0.5, 0.6) is 0 Å². The van der Waals surface area contributed by atoms with E-state index in [-0.39, 0.29) is 53.3 Å². The van der Waals surface area contributed by atoms with Crippen LogP contribution in [0, 0.1) is 5.82 Å². The van der Waals surface area contributed by atoms with Gasteiger partial charge in [-0.1, -0.05) is 30.3 Å². The standard InChI is InChI=1S/C29H39ClFN4O7P/c1-16(2)41-43(36,42-17(3)4)15-37-14-21-23-24(40-29(6,7)39-23)27(38-21)35-13-20(31)22-25(33-28(30)34-26(22)35)32-18(5)19-11-9-8-10-12-19/h8-13,16-18,21,23-24,27H,14-15H2,1-7H3,(H,32,33,34)/t18-,21+,23+,24+,27+/m0/s1. The Balaban J connectivity index is 1.40. The Morgan fingerprint density at radius 3 is 2.37 bits per heavy atom. The Kier molecular flexibility index (Phi) is 9.52. The molecular formula is C29H39ClFN4O7P. The molecule has 0 unspecified atom stereocenters. The van der Waals surface area contributed by atoms with Crippen LogP contribution in [0.1, 0.15) is 66.3 Å². The fourth-order valence-electron chi connectivity index (χ4n) is 5.43. The summed E-state index contributed by atoms with van der Waals surface area (Å²) in [4.78, 5) is 8.67. The topological polar surface area (TPSA) is 115 Å². The molecule has 0 spiro atoms. The smallest absolute Gasteiger partial charge is 0.356 e. The van der Waals surface area contributed by atoms with Gasteiger partial charge in [0, 0.05) is 12.2 Å². The molecule has 0 bridgehead atoms. The van der Waals surface area contributed by atoms with E-state index in [0.29, 0.717) is 0 Å². The van der Waals surface area contributed by atoms with Crippen molar-refractivity contribution >= 4 is 36.0 Å². The summed E-state index contributed by atoms with van der Waals surface area (Å²) < 4.78 is 66.2. The second-order valence-corrected chi connectivity index (χ2v) is 14.0. The number of fused-ring (bicyclic) bond motifs is 2. The number of benzene rings is 1. The molecule has 2 saturated heterocycles. The summed E-state index contributed by atoms with van der Waals surface area (Å²) in [5, 5.41) is 3.38. The van der Waals surface area contributed by atoms with Gasteiger partial charge in [0.2, 0.25) is 5.28 Å². The summed E-state index contributed by atoms with van der Waals surface area (Å²) in [6.45, 7) is 12.6. The van der Waals surface area contributed by atoms with E-state index in [0.717, 1.165) is 5.56 Å². The first kappa shape index (κ1) is 32.2. The van der Waals surface area contributed by atoms with Crippen molar-refractivity contribution in [3.05, 3.63) is 53.2 Å². The maximum atomic E-state index is 15.6. The number of nitrogens with zero attached hydrogens (tertiary/aromatic N) is 3. The van der Waals surface area contributed by atoms with Gasteiger partial charge in [-0.3, -0.25) is 4.57 Å². The molecule has 11 nitrogen and oxygen atoms in total. The lowest BCUT2D eigenvalue weighted by atomic mass is 10.1. The fraction of sp³-hybridized carbons (Fsp3) is 0.586.